The van der Waals surface area contributed by atoms with E-state index in [1.807, 2.05) is 55.6 Å². The van der Waals surface area contributed by atoms with E-state index in [0.717, 1.165) is 6.42 Å². The van der Waals surface area contributed by atoms with Crippen LogP contribution in [0.4, 0.5) is 0 Å². The standard InChI is InChI=1S/C5H5.C4H4N.C3H7.Ru/c2*1-2-4-5-3-1;1-3-2;/h1-5H;1-3,5H;1,3H2,2H3;/q3*-1;+3. The van der Waals surface area contributed by atoms with Gasteiger partial charge in [-0.3, -0.25) is 0 Å². The molecule has 1 N–H and O–H groups in total. The zero-order valence-corrected chi connectivity index (χ0v) is 10.1. The van der Waals surface area contributed by atoms with E-state index in [2.05, 4.69) is 18.1 Å². The Labute approximate surface area is 99.7 Å². The Hall–Kier alpha value is -0.747. The van der Waals surface area contributed by atoms with Crippen LogP contribution in [0, 0.1) is 13.1 Å². The van der Waals surface area contributed by atoms with E-state index < -0.39 is 0 Å². The average molecular weight is 275 g/mol. The molecule has 0 atom stereocenters. The molecule has 0 amide bonds. The number of aromatic nitrogens is 1. The molecule has 2 aromatic rings. The molecule has 1 nitrogen and oxygen atoms in total. The summed E-state index contributed by atoms with van der Waals surface area (Å²) in [6.45, 7) is 5.50. The van der Waals surface area contributed by atoms with Gasteiger partial charge in [0.2, 0.25) is 0 Å². The van der Waals surface area contributed by atoms with Gasteiger partial charge in [0.15, 0.2) is 0 Å². The van der Waals surface area contributed by atoms with Crippen molar-refractivity contribution in [2.45, 2.75) is 13.3 Å². The third-order valence-electron chi connectivity index (χ3n) is 0.998. The molecule has 0 aliphatic carbocycles. The number of H-pyrrole nitrogens is 1. The minimum Gasteiger partial charge on any atom is -0.484 e. The molecule has 0 bridgehead atoms. The molecule has 0 aliphatic rings. The van der Waals surface area contributed by atoms with Gasteiger partial charge in [0.05, 0.1) is 0 Å². The predicted molar refractivity (Wildman–Crippen MR) is 57.3 cm³/mol. The molecule has 14 heavy (non-hydrogen) atoms. The van der Waals surface area contributed by atoms with Gasteiger partial charge in [-0.2, -0.15) is 42.9 Å². The number of hydrogen-bond acceptors (Lipinski definition) is 0. The molecular formula is C12H16NRu. The quantitative estimate of drug-likeness (QED) is 0.560. The van der Waals surface area contributed by atoms with E-state index in [1.165, 1.54) is 0 Å². The summed E-state index contributed by atoms with van der Waals surface area (Å²) < 4.78 is 0. The van der Waals surface area contributed by atoms with E-state index in [9.17, 15) is 0 Å². The molecule has 0 saturated carbocycles. The van der Waals surface area contributed by atoms with Crippen LogP contribution in [0.25, 0.3) is 0 Å². The van der Waals surface area contributed by atoms with Gasteiger partial charge >= 0.3 is 19.5 Å². The third-order valence-corrected chi connectivity index (χ3v) is 0.998. The van der Waals surface area contributed by atoms with Crippen LogP contribution < -0.4 is 0 Å². The van der Waals surface area contributed by atoms with Gasteiger partial charge in [0, 0.05) is 0 Å². The molecule has 2 heteroatoms. The van der Waals surface area contributed by atoms with Crippen molar-refractivity contribution in [3.05, 3.63) is 61.8 Å². The maximum Gasteiger partial charge on any atom is 3.00 e. The Morgan fingerprint density at radius 3 is 2.00 bits per heavy atom. The first-order chi connectivity index (χ1) is 6.41. The Kier molecular flexibility index (Phi) is 16.6. The van der Waals surface area contributed by atoms with Gasteiger partial charge < -0.3 is 11.9 Å². The minimum atomic E-state index is 0. The van der Waals surface area contributed by atoms with Gasteiger partial charge in [0.1, 0.15) is 0 Å². The zero-order valence-electron chi connectivity index (χ0n) is 8.39. The predicted octanol–water partition coefficient (Wildman–Crippen LogP) is 3.45. The van der Waals surface area contributed by atoms with E-state index in [4.69, 9.17) is 0 Å². The first-order valence-corrected chi connectivity index (χ1v) is 4.37. The van der Waals surface area contributed by atoms with Gasteiger partial charge in [-0.15, -0.1) is 6.20 Å². The molecular weight excluding hydrogens is 259 g/mol. The number of hydrogen-bond donors (Lipinski definition) is 1. The van der Waals surface area contributed by atoms with Gasteiger partial charge in [-0.25, -0.2) is 12.1 Å². The van der Waals surface area contributed by atoms with Crippen molar-refractivity contribution in [3.8, 4) is 0 Å². The second-order valence-corrected chi connectivity index (χ2v) is 2.28. The normalized spacial score (nSPS) is 7.00. The summed E-state index contributed by atoms with van der Waals surface area (Å²) in [5.74, 6) is 0. The van der Waals surface area contributed by atoms with Crippen molar-refractivity contribution in [3.63, 3.8) is 0 Å². The van der Waals surface area contributed by atoms with Crippen molar-refractivity contribution in [1.82, 2.24) is 4.98 Å². The maximum atomic E-state index is 3.49. The van der Waals surface area contributed by atoms with E-state index in [1.54, 1.807) is 0 Å². The van der Waals surface area contributed by atoms with Crippen LogP contribution in [0.1, 0.15) is 13.3 Å². The Morgan fingerprint density at radius 1 is 1.29 bits per heavy atom. The van der Waals surface area contributed by atoms with Gasteiger partial charge in [-0.05, 0) is 0 Å². The molecule has 0 fully saturated rings. The van der Waals surface area contributed by atoms with E-state index in [-0.39, 0.29) is 19.5 Å². The summed E-state index contributed by atoms with van der Waals surface area (Å²) in [5, 5.41) is 0. The molecule has 1 aromatic heterocycles. The van der Waals surface area contributed by atoms with Crippen molar-refractivity contribution in [2.75, 3.05) is 0 Å². The van der Waals surface area contributed by atoms with Crippen LogP contribution in [0.5, 0.6) is 0 Å². The SMILES string of the molecule is [CH2-]CC.[Ru+3].[c-]1ccc[nH]1.c1cc[cH-]c1. The van der Waals surface area contributed by atoms with Crippen LogP contribution in [-0.4, -0.2) is 4.98 Å². The average Bonchev–Trinajstić information content (AvgIpc) is 2.85. The van der Waals surface area contributed by atoms with Crippen molar-refractivity contribution in [2.24, 2.45) is 0 Å². The summed E-state index contributed by atoms with van der Waals surface area (Å²) in [5.41, 5.74) is 0. The Morgan fingerprint density at radius 2 is 1.86 bits per heavy atom. The summed E-state index contributed by atoms with van der Waals surface area (Å²) in [4.78, 5) is 2.74. The molecule has 0 aliphatic heterocycles. The largest absolute Gasteiger partial charge is 3.00 e. The summed E-state index contributed by atoms with van der Waals surface area (Å²) >= 11 is 0. The second-order valence-electron chi connectivity index (χ2n) is 2.28. The van der Waals surface area contributed by atoms with Crippen LogP contribution in [0.15, 0.2) is 48.7 Å². The monoisotopic (exact) mass is 276 g/mol. The topological polar surface area (TPSA) is 15.8 Å². The Balaban J connectivity index is 0. The number of rotatable bonds is 0. The fourth-order valence-electron chi connectivity index (χ4n) is 0.561. The minimum absolute atomic E-state index is 0. The smallest absolute Gasteiger partial charge is 0.484 e. The van der Waals surface area contributed by atoms with E-state index >= 15 is 0 Å². The molecule has 2 rings (SSSR count). The second kappa shape index (κ2) is 14.8. The van der Waals surface area contributed by atoms with Crippen molar-refractivity contribution >= 4 is 0 Å². The van der Waals surface area contributed by atoms with Crippen LogP contribution in [-0.2, 0) is 19.5 Å². The number of nitrogens with one attached hydrogen (secondary N) is 1. The summed E-state index contributed by atoms with van der Waals surface area (Å²) in [6, 6.07) is 13.7. The summed E-state index contributed by atoms with van der Waals surface area (Å²) in [7, 11) is 0. The Bertz CT molecular complexity index is 162. The molecule has 0 unspecified atom stereocenters. The molecule has 1 radical (unpaired) electrons. The molecule has 1 aromatic carbocycles. The first kappa shape index (κ1) is 15.7. The molecule has 0 saturated heterocycles. The van der Waals surface area contributed by atoms with E-state index in [0.29, 0.717) is 0 Å². The summed E-state index contributed by atoms with van der Waals surface area (Å²) in [6.07, 6.45) is 5.56. The first-order valence-electron chi connectivity index (χ1n) is 4.37. The van der Waals surface area contributed by atoms with Crippen LogP contribution in [0.2, 0.25) is 0 Å². The zero-order chi connectivity index (χ0) is 9.78. The third kappa shape index (κ3) is 13.8. The fraction of sp³-hybridized carbons (Fsp3) is 0.167. The molecule has 0 spiro atoms. The molecule has 1 heterocycles. The van der Waals surface area contributed by atoms with Gasteiger partial charge in [0.25, 0.3) is 0 Å². The van der Waals surface area contributed by atoms with Gasteiger partial charge in [-0.1, -0.05) is 6.92 Å². The number of aromatic amines is 1. The fourth-order valence-corrected chi connectivity index (χ4v) is 0.561. The van der Waals surface area contributed by atoms with Crippen molar-refractivity contribution < 1.29 is 19.5 Å². The van der Waals surface area contributed by atoms with Crippen LogP contribution in [0.3, 0.4) is 0 Å². The maximum absolute atomic E-state index is 3.49. The van der Waals surface area contributed by atoms with Crippen molar-refractivity contribution in [1.29, 1.82) is 0 Å². The molecule has 77 valence electrons. The van der Waals surface area contributed by atoms with Crippen LogP contribution >= 0.6 is 0 Å².